The van der Waals surface area contributed by atoms with Crippen LogP contribution in [0.1, 0.15) is 36.1 Å². The molecule has 0 spiro atoms. The first-order valence-corrected chi connectivity index (χ1v) is 11.5. The maximum atomic E-state index is 12.8. The Morgan fingerprint density at radius 1 is 0.935 bits per heavy atom. The van der Waals surface area contributed by atoms with Gasteiger partial charge in [0.1, 0.15) is 5.82 Å². The summed E-state index contributed by atoms with van der Waals surface area (Å²) in [5.74, 6) is 0.613. The first kappa shape index (κ1) is 20.3. The SMILES string of the molecule is O=c1[nH]c(-c2ccc(Cl)cc2)nc2c1CN(Cc1ccc(N3CCCCC3)cc1)CC2. The van der Waals surface area contributed by atoms with Gasteiger partial charge in [0, 0.05) is 55.4 Å². The van der Waals surface area contributed by atoms with Crippen LogP contribution in [0.5, 0.6) is 0 Å². The van der Waals surface area contributed by atoms with E-state index in [2.05, 4.69) is 39.0 Å². The van der Waals surface area contributed by atoms with E-state index < -0.39 is 0 Å². The van der Waals surface area contributed by atoms with Crippen LogP contribution in [0.2, 0.25) is 5.02 Å². The molecule has 3 heterocycles. The number of H-pyrrole nitrogens is 1. The summed E-state index contributed by atoms with van der Waals surface area (Å²) in [6.45, 7) is 4.70. The van der Waals surface area contributed by atoms with E-state index in [-0.39, 0.29) is 5.56 Å². The zero-order chi connectivity index (χ0) is 21.2. The lowest BCUT2D eigenvalue weighted by Crippen LogP contribution is -2.35. The molecule has 5 rings (SSSR count). The number of benzene rings is 2. The lowest BCUT2D eigenvalue weighted by atomic mass is 10.0. The van der Waals surface area contributed by atoms with E-state index in [0.717, 1.165) is 49.4 Å². The summed E-state index contributed by atoms with van der Waals surface area (Å²) in [5.41, 5.74) is 5.13. The van der Waals surface area contributed by atoms with Crippen LogP contribution in [0.4, 0.5) is 5.69 Å². The lowest BCUT2D eigenvalue weighted by Gasteiger charge is -2.30. The van der Waals surface area contributed by atoms with E-state index in [1.807, 2.05) is 24.3 Å². The Kier molecular flexibility index (Phi) is 5.79. The van der Waals surface area contributed by atoms with Gasteiger partial charge in [-0.1, -0.05) is 23.7 Å². The Morgan fingerprint density at radius 2 is 1.68 bits per heavy atom. The number of aromatic nitrogens is 2. The van der Waals surface area contributed by atoms with Crippen LogP contribution in [0.15, 0.2) is 53.3 Å². The van der Waals surface area contributed by atoms with Gasteiger partial charge in [-0.2, -0.15) is 0 Å². The fraction of sp³-hybridized carbons (Fsp3) is 0.360. The van der Waals surface area contributed by atoms with Crippen LogP contribution < -0.4 is 10.5 Å². The fourth-order valence-corrected chi connectivity index (χ4v) is 4.71. The Morgan fingerprint density at radius 3 is 2.42 bits per heavy atom. The van der Waals surface area contributed by atoms with Gasteiger partial charge in [-0.05, 0) is 61.2 Å². The van der Waals surface area contributed by atoms with Crippen LogP contribution in [-0.4, -0.2) is 34.5 Å². The van der Waals surface area contributed by atoms with E-state index in [1.54, 1.807) is 0 Å². The number of nitrogens with zero attached hydrogens (tertiary/aromatic N) is 3. The maximum Gasteiger partial charge on any atom is 0.255 e. The molecule has 0 aliphatic carbocycles. The molecule has 3 aromatic rings. The van der Waals surface area contributed by atoms with Crippen LogP contribution in [0, 0.1) is 0 Å². The number of anilines is 1. The molecule has 6 heteroatoms. The summed E-state index contributed by atoms with van der Waals surface area (Å²) in [7, 11) is 0. The van der Waals surface area contributed by atoms with E-state index in [1.165, 1.54) is 30.5 Å². The van der Waals surface area contributed by atoms with Gasteiger partial charge in [0.2, 0.25) is 0 Å². The Labute approximate surface area is 187 Å². The van der Waals surface area contributed by atoms with E-state index >= 15 is 0 Å². The molecule has 0 unspecified atom stereocenters. The summed E-state index contributed by atoms with van der Waals surface area (Å²) >= 11 is 5.98. The third kappa shape index (κ3) is 4.53. The molecular formula is C25H27ClN4O. The summed E-state index contributed by atoms with van der Waals surface area (Å²) in [4.78, 5) is 25.3. The minimum absolute atomic E-state index is 0.0416. The van der Waals surface area contributed by atoms with Crippen LogP contribution in [-0.2, 0) is 19.5 Å². The smallest absolute Gasteiger partial charge is 0.255 e. The molecule has 0 amide bonds. The van der Waals surface area contributed by atoms with Crippen molar-refractivity contribution in [2.75, 3.05) is 24.5 Å². The second kappa shape index (κ2) is 8.85. The number of aromatic amines is 1. The monoisotopic (exact) mass is 434 g/mol. The molecule has 1 aromatic heterocycles. The van der Waals surface area contributed by atoms with Crippen molar-refractivity contribution in [2.24, 2.45) is 0 Å². The minimum atomic E-state index is -0.0416. The summed E-state index contributed by atoms with van der Waals surface area (Å²) in [6.07, 6.45) is 4.71. The largest absolute Gasteiger partial charge is 0.372 e. The summed E-state index contributed by atoms with van der Waals surface area (Å²) in [6, 6.07) is 16.3. The number of hydrogen-bond donors (Lipinski definition) is 1. The number of piperidine rings is 1. The van der Waals surface area contributed by atoms with Gasteiger partial charge in [-0.25, -0.2) is 4.98 Å². The second-order valence-electron chi connectivity index (χ2n) is 8.52. The topological polar surface area (TPSA) is 52.2 Å². The number of nitrogens with one attached hydrogen (secondary N) is 1. The third-order valence-corrected chi connectivity index (χ3v) is 6.58. The number of halogens is 1. The highest BCUT2D eigenvalue weighted by Gasteiger charge is 2.22. The highest BCUT2D eigenvalue weighted by atomic mass is 35.5. The average molecular weight is 435 g/mol. The quantitative estimate of drug-likeness (QED) is 0.650. The Bertz CT molecular complexity index is 1100. The van der Waals surface area contributed by atoms with Crippen molar-refractivity contribution in [2.45, 2.75) is 38.8 Å². The molecule has 0 radical (unpaired) electrons. The van der Waals surface area contributed by atoms with Crippen molar-refractivity contribution in [3.63, 3.8) is 0 Å². The van der Waals surface area contributed by atoms with E-state index in [9.17, 15) is 4.79 Å². The first-order chi connectivity index (χ1) is 15.2. The zero-order valence-electron chi connectivity index (χ0n) is 17.6. The van der Waals surface area contributed by atoms with Gasteiger partial charge >= 0.3 is 0 Å². The van der Waals surface area contributed by atoms with Gasteiger partial charge < -0.3 is 9.88 Å². The predicted molar refractivity (Wildman–Crippen MR) is 126 cm³/mol. The maximum absolute atomic E-state index is 12.8. The van der Waals surface area contributed by atoms with Crippen molar-refractivity contribution in [3.8, 4) is 11.4 Å². The number of rotatable bonds is 4. The molecule has 1 fully saturated rings. The van der Waals surface area contributed by atoms with Gasteiger partial charge in [0.25, 0.3) is 5.56 Å². The molecule has 160 valence electrons. The molecule has 1 saturated heterocycles. The van der Waals surface area contributed by atoms with Crippen LogP contribution in [0.25, 0.3) is 11.4 Å². The first-order valence-electron chi connectivity index (χ1n) is 11.1. The highest BCUT2D eigenvalue weighted by molar-refractivity contribution is 6.30. The van der Waals surface area contributed by atoms with Crippen molar-refractivity contribution < 1.29 is 0 Å². The molecular weight excluding hydrogens is 408 g/mol. The average Bonchev–Trinajstić information content (AvgIpc) is 2.81. The Balaban J connectivity index is 1.28. The van der Waals surface area contributed by atoms with Crippen molar-refractivity contribution in [1.29, 1.82) is 0 Å². The molecule has 5 nitrogen and oxygen atoms in total. The standard InChI is InChI=1S/C25H27ClN4O/c26-20-8-6-19(7-9-20)24-27-23-12-15-29(17-22(23)25(31)28-24)16-18-4-10-21(11-5-18)30-13-2-1-3-14-30/h4-11H,1-3,12-17H2,(H,27,28,31). The minimum Gasteiger partial charge on any atom is -0.372 e. The molecule has 0 bridgehead atoms. The van der Waals surface area contributed by atoms with Crippen molar-refractivity contribution in [3.05, 3.63) is 80.7 Å². The Hall–Kier alpha value is -2.63. The second-order valence-corrected chi connectivity index (χ2v) is 8.96. The van der Waals surface area contributed by atoms with Crippen molar-refractivity contribution in [1.82, 2.24) is 14.9 Å². The third-order valence-electron chi connectivity index (χ3n) is 6.33. The van der Waals surface area contributed by atoms with Crippen LogP contribution >= 0.6 is 11.6 Å². The molecule has 0 atom stereocenters. The fourth-order valence-electron chi connectivity index (χ4n) is 4.58. The van der Waals surface area contributed by atoms with Gasteiger partial charge in [0.05, 0.1) is 11.3 Å². The molecule has 0 saturated carbocycles. The van der Waals surface area contributed by atoms with Gasteiger partial charge in [-0.15, -0.1) is 0 Å². The lowest BCUT2D eigenvalue weighted by molar-refractivity contribution is 0.242. The van der Waals surface area contributed by atoms with Gasteiger partial charge in [-0.3, -0.25) is 9.69 Å². The zero-order valence-corrected chi connectivity index (χ0v) is 18.4. The van der Waals surface area contributed by atoms with Crippen LogP contribution in [0.3, 0.4) is 0 Å². The van der Waals surface area contributed by atoms with Crippen molar-refractivity contribution >= 4 is 17.3 Å². The van der Waals surface area contributed by atoms with Gasteiger partial charge in [0.15, 0.2) is 0 Å². The normalized spacial score (nSPS) is 16.9. The molecule has 2 aromatic carbocycles. The molecule has 2 aliphatic heterocycles. The molecule has 2 aliphatic rings. The summed E-state index contributed by atoms with van der Waals surface area (Å²) < 4.78 is 0. The van der Waals surface area contributed by atoms with E-state index in [4.69, 9.17) is 16.6 Å². The number of hydrogen-bond acceptors (Lipinski definition) is 4. The molecule has 31 heavy (non-hydrogen) atoms. The summed E-state index contributed by atoms with van der Waals surface area (Å²) in [5, 5.41) is 0.670. The van der Waals surface area contributed by atoms with E-state index in [0.29, 0.717) is 17.4 Å². The predicted octanol–water partition coefficient (Wildman–Crippen LogP) is 4.64. The molecule has 1 N–H and O–H groups in total. The highest BCUT2D eigenvalue weighted by Crippen LogP contribution is 2.23. The number of fused-ring (bicyclic) bond motifs is 1.